The summed E-state index contributed by atoms with van der Waals surface area (Å²) in [6.07, 6.45) is 5.35. The van der Waals surface area contributed by atoms with E-state index < -0.39 is 0 Å². The molecule has 2 rings (SSSR count). The van der Waals surface area contributed by atoms with Crippen LogP contribution >= 0.6 is 0 Å². The molecule has 108 valence electrons. The molecule has 0 saturated carbocycles. The van der Waals surface area contributed by atoms with Gasteiger partial charge in [-0.3, -0.25) is 5.32 Å². The molecule has 1 aromatic rings. The minimum atomic E-state index is -0.312. The Kier molecular flexibility index (Phi) is 5.36. The van der Waals surface area contributed by atoms with E-state index in [2.05, 4.69) is 30.4 Å². The van der Waals surface area contributed by atoms with Crippen LogP contribution in [0.5, 0.6) is 0 Å². The van der Waals surface area contributed by atoms with E-state index in [0.29, 0.717) is 6.61 Å². The molecule has 0 spiro atoms. The van der Waals surface area contributed by atoms with Crippen LogP contribution in [0.25, 0.3) is 0 Å². The summed E-state index contributed by atoms with van der Waals surface area (Å²) >= 11 is 0. The molecule has 0 aliphatic heterocycles. The Labute approximate surface area is 121 Å². The second-order valence-corrected chi connectivity index (χ2v) is 5.16. The van der Waals surface area contributed by atoms with Crippen LogP contribution in [-0.2, 0) is 9.53 Å². The van der Waals surface area contributed by atoms with Crippen molar-refractivity contribution in [1.29, 1.82) is 0 Å². The van der Waals surface area contributed by atoms with Crippen LogP contribution in [0.15, 0.2) is 42.0 Å². The molecule has 1 aliphatic carbocycles. The van der Waals surface area contributed by atoms with Gasteiger partial charge in [-0.05, 0) is 44.2 Å². The molecule has 3 heteroatoms. The van der Waals surface area contributed by atoms with Crippen molar-refractivity contribution in [3.63, 3.8) is 0 Å². The molecule has 1 N–H and O–H groups in total. The Morgan fingerprint density at radius 1 is 1.35 bits per heavy atom. The smallest absolute Gasteiger partial charge is 0.327 e. The first kappa shape index (κ1) is 14.8. The zero-order valence-electron chi connectivity index (χ0n) is 12.3. The Hall–Kier alpha value is -1.61. The van der Waals surface area contributed by atoms with E-state index in [4.69, 9.17) is 4.74 Å². The van der Waals surface area contributed by atoms with Crippen LogP contribution in [0.1, 0.15) is 44.7 Å². The first-order valence-electron chi connectivity index (χ1n) is 7.39. The van der Waals surface area contributed by atoms with Crippen LogP contribution in [-0.4, -0.2) is 18.6 Å². The molecule has 2 atom stereocenters. The van der Waals surface area contributed by atoms with Gasteiger partial charge in [-0.15, -0.1) is 0 Å². The van der Waals surface area contributed by atoms with Crippen molar-refractivity contribution in [3.8, 4) is 0 Å². The quantitative estimate of drug-likeness (QED) is 0.638. The minimum Gasteiger partial charge on any atom is -0.465 e. The van der Waals surface area contributed by atoms with Gasteiger partial charge in [-0.25, -0.2) is 4.79 Å². The number of esters is 1. The summed E-state index contributed by atoms with van der Waals surface area (Å²) < 4.78 is 5.21. The zero-order chi connectivity index (χ0) is 14.4. The van der Waals surface area contributed by atoms with E-state index in [1.165, 1.54) is 11.1 Å². The number of benzene rings is 1. The summed E-state index contributed by atoms with van der Waals surface area (Å²) in [5, 5.41) is 3.42. The van der Waals surface area contributed by atoms with Gasteiger partial charge in [0.15, 0.2) is 0 Å². The monoisotopic (exact) mass is 273 g/mol. The third kappa shape index (κ3) is 3.70. The predicted molar refractivity (Wildman–Crippen MR) is 80.3 cm³/mol. The van der Waals surface area contributed by atoms with E-state index in [9.17, 15) is 4.79 Å². The Morgan fingerprint density at radius 3 is 2.70 bits per heavy atom. The predicted octanol–water partition coefficient (Wildman–Crippen LogP) is 3.38. The highest BCUT2D eigenvalue weighted by Gasteiger charge is 2.27. The lowest BCUT2D eigenvalue weighted by Crippen LogP contribution is -2.40. The Balaban J connectivity index is 2.09. The Bertz CT molecular complexity index is 467. The highest BCUT2D eigenvalue weighted by molar-refractivity contribution is 5.79. The fourth-order valence-corrected chi connectivity index (χ4v) is 2.60. The summed E-state index contributed by atoms with van der Waals surface area (Å²) in [7, 11) is 0. The lowest BCUT2D eigenvalue weighted by molar-refractivity contribution is -0.144. The molecule has 0 amide bonds. The maximum absolute atomic E-state index is 12.2. The number of carbonyl (C=O) groups excluding carboxylic acids is 1. The maximum atomic E-state index is 12.2. The molecule has 0 saturated heterocycles. The normalized spacial score (nSPS) is 17.4. The summed E-state index contributed by atoms with van der Waals surface area (Å²) in [5.74, 6) is -0.163. The van der Waals surface area contributed by atoms with Gasteiger partial charge >= 0.3 is 5.97 Å². The average molecular weight is 273 g/mol. The fraction of sp³-hybridized carbons (Fsp3) is 0.471. The van der Waals surface area contributed by atoms with E-state index in [0.717, 1.165) is 19.3 Å². The number of ether oxygens (including phenoxy) is 1. The molecular formula is C17H23NO2. The molecule has 0 heterocycles. The van der Waals surface area contributed by atoms with Gasteiger partial charge in [0.2, 0.25) is 0 Å². The van der Waals surface area contributed by atoms with Gasteiger partial charge in [-0.2, -0.15) is 0 Å². The SMILES string of the molecule is CCOC(=O)C(N[C@@H](C)c1ccccc1)C1=CCCC1. The van der Waals surface area contributed by atoms with Crippen molar-refractivity contribution >= 4 is 5.97 Å². The summed E-state index contributed by atoms with van der Waals surface area (Å²) in [6.45, 7) is 4.35. The first-order chi connectivity index (χ1) is 9.72. The minimum absolute atomic E-state index is 0.118. The van der Waals surface area contributed by atoms with Gasteiger partial charge in [0.1, 0.15) is 6.04 Å². The summed E-state index contributed by atoms with van der Waals surface area (Å²) in [5.41, 5.74) is 2.35. The molecule has 1 unspecified atom stereocenters. The lowest BCUT2D eigenvalue weighted by Gasteiger charge is -2.23. The molecule has 0 fully saturated rings. The molecule has 0 radical (unpaired) electrons. The van der Waals surface area contributed by atoms with E-state index in [1.807, 2.05) is 25.1 Å². The number of hydrogen-bond acceptors (Lipinski definition) is 3. The number of rotatable bonds is 6. The lowest BCUT2D eigenvalue weighted by atomic mass is 10.0. The molecule has 0 bridgehead atoms. The fourth-order valence-electron chi connectivity index (χ4n) is 2.60. The van der Waals surface area contributed by atoms with Crippen LogP contribution < -0.4 is 5.32 Å². The van der Waals surface area contributed by atoms with Gasteiger partial charge < -0.3 is 4.74 Å². The number of allylic oxidation sites excluding steroid dienone is 1. The maximum Gasteiger partial charge on any atom is 0.327 e. The molecule has 1 aliphatic rings. The number of hydrogen-bond donors (Lipinski definition) is 1. The van der Waals surface area contributed by atoms with Gasteiger partial charge in [0, 0.05) is 6.04 Å². The molecule has 20 heavy (non-hydrogen) atoms. The van der Waals surface area contributed by atoms with Crippen molar-refractivity contribution in [3.05, 3.63) is 47.5 Å². The van der Waals surface area contributed by atoms with Gasteiger partial charge in [0.25, 0.3) is 0 Å². The van der Waals surface area contributed by atoms with Crippen LogP contribution in [0, 0.1) is 0 Å². The standard InChI is InChI=1S/C17H23NO2/c1-3-20-17(19)16(15-11-7-8-12-15)18-13(2)14-9-5-4-6-10-14/h4-6,9-11,13,16,18H,3,7-8,12H2,1-2H3/t13-,16?/m0/s1. The number of nitrogens with one attached hydrogen (secondary N) is 1. The van der Waals surface area contributed by atoms with Crippen LogP contribution in [0.2, 0.25) is 0 Å². The van der Waals surface area contributed by atoms with Gasteiger partial charge in [0.05, 0.1) is 6.61 Å². The Morgan fingerprint density at radius 2 is 2.10 bits per heavy atom. The highest BCUT2D eigenvalue weighted by Crippen LogP contribution is 2.24. The molecular weight excluding hydrogens is 250 g/mol. The van der Waals surface area contributed by atoms with Crippen LogP contribution in [0.4, 0.5) is 0 Å². The first-order valence-corrected chi connectivity index (χ1v) is 7.39. The topological polar surface area (TPSA) is 38.3 Å². The van der Waals surface area contributed by atoms with E-state index in [-0.39, 0.29) is 18.1 Å². The molecule has 1 aromatic carbocycles. The highest BCUT2D eigenvalue weighted by atomic mass is 16.5. The summed E-state index contributed by atoms with van der Waals surface area (Å²) in [6, 6.07) is 9.98. The van der Waals surface area contributed by atoms with Crippen molar-refractivity contribution < 1.29 is 9.53 Å². The third-order valence-corrected chi connectivity index (χ3v) is 3.69. The average Bonchev–Trinajstić information content (AvgIpc) is 2.99. The van der Waals surface area contributed by atoms with Crippen LogP contribution in [0.3, 0.4) is 0 Å². The molecule has 3 nitrogen and oxygen atoms in total. The van der Waals surface area contributed by atoms with Crippen molar-refractivity contribution in [2.75, 3.05) is 6.61 Å². The van der Waals surface area contributed by atoms with E-state index >= 15 is 0 Å². The van der Waals surface area contributed by atoms with Crippen molar-refractivity contribution in [2.45, 2.75) is 45.2 Å². The van der Waals surface area contributed by atoms with Gasteiger partial charge in [-0.1, -0.05) is 36.4 Å². The number of carbonyl (C=O) groups is 1. The van der Waals surface area contributed by atoms with Crippen molar-refractivity contribution in [1.82, 2.24) is 5.32 Å². The van der Waals surface area contributed by atoms with E-state index in [1.54, 1.807) is 0 Å². The largest absolute Gasteiger partial charge is 0.465 e. The molecule has 0 aromatic heterocycles. The van der Waals surface area contributed by atoms with Crippen molar-refractivity contribution in [2.24, 2.45) is 0 Å². The summed E-state index contributed by atoms with van der Waals surface area (Å²) in [4.78, 5) is 12.2. The third-order valence-electron chi connectivity index (χ3n) is 3.69. The second-order valence-electron chi connectivity index (χ2n) is 5.16. The second kappa shape index (κ2) is 7.25. The zero-order valence-corrected chi connectivity index (χ0v) is 12.3.